The van der Waals surface area contributed by atoms with Gasteiger partial charge in [-0.1, -0.05) is 45.4 Å². The van der Waals surface area contributed by atoms with Crippen LogP contribution in [-0.4, -0.2) is 42.9 Å². The molecule has 8 heteroatoms. The van der Waals surface area contributed by atoms with Crippen molar-refractivity contribution >= 4 is 11.8 Å². The summed E-state index contributed by atoms with van der Waals surface area (Å²) in [5.41, 5.74) is -3.50. The Hall–Kier alpha value is -1.57. The van der Waals surface area contributed by atoms with Crippen LogP contribution in [0, 0.1) is 5.92 Å². The van der Waals surface area contributed by atoms with Crippen LogP contribution in [0.5, 0.6) is 0 Å². The molecule has 0 fully saturated rings. The zero-order chi connectivity index (χ0) is 20.7. The predicted molar refractivity (Wildman–Crippen MR) is 92.8 cm³/mol. The van der Waals surface area contributed by atoms with Crippen molar-refractivity contribution in [2.75, 3.05) is 14.2 Å². The van der Waals surface area contributed by atoms with E-state index in [1.807, 2.05) is 0 Å². The molecule has 0 amide bonds. The number of ketones is 1. The molecule has 0 radical (unpaired) electrons. The summed E-state index contributed by atoms with van der Waals surface area (Å²) < 4.78 is 49.7. The van der Waals surface area contributed by atoms with Gasteiger partial charge in [0.1, 0.15) is 5.76 Å². The third-order valence-corrected chi connectivity index (χ3v) is 5.01. The normalized spacial score (nSPS) is 23.5. The van der Waals surface area contributed by atoms with Gasteiger partial charge in [0.15, 0.2) is 17.3 Å². The number of halogens is 3. The van der Waals surface area contributed by atoms with Gasteiger partial charge in [0.2, 0.25) is 0 Å². The largest absolute Gasteiger partial charge is 0.501 e. The van der Waals surface area contributed by atoms with E-state index < -0.39 is 35.9 Å². The number of Topliss-reactive ketones (excluding diaryl/α,β-unsaturated/α-hetero) is 1. The molecule has 0 saturated carbocycles. The molecule has 2 unspecified atom stereocenters. The first-order chi connectivity index (χ1) is 12.6. The van der Waals surface area contributed by atoms with Crippen molar-refractivity contribution in [3.8, 4) is 0 Å². The number of unbranched alkanes of at least 4 members (excludes halogenated alkanes) is 6. The molecule has 0 aliphatic heterocycles. The standard InChI is InChI=1S/C19H29F3O5/c1-4-5-6-7-8-9-10-11-13-14(26-2)12-18(25,19(20,21)22)15(16(13)23)17(24)27-3/h15,25H,4-12H2,1-3H3. The molecule has 156 valence electrons. The monoisotopic (exact) mass is 394 g/mol. The van der Waals surface area contributed by atoms with Crippen LogP contribution in [0.1, 0.15) is 64.7 Å². The smallest absolute Gasteiger partial charge is 0.418 e. The summed E-state index contributed by atoms with van der Waals surface area (Å²) in [5, 5.41) is 10.2. The van der Waals surface area contributed by atoms with E-state index in [1.165, 1.54) is 0 Å². The number of hydrogen-bond acceptors (Lipinski definition) is 5. The van der Waals surface area contributed by atoms with Gasteiger partial charge in [0.25, 0.3) is 0 Å². The van der Waals surface area contributed by atoms with Crippen molar-refractivity contribution in [3.63, 3.8) is 0 Å². The summed E-state index contributed by atoms with van der Waals surface area (Å²) in [7, 11) is 2.04. The third-order valence-electron chi connectivity index (χ3n) is 5.01. The van der Waals surface area contributed by atoms with Crippen molar-refractivity contribution in [1.29, 1.82) is 0 Å². The van der Waals surface area contributed by atoms with Crippen LogP contribution in [0.15, 0.2) is 11.3 Å². The van der Waals surface area contributed by atoms with E-state index in [4.69, 9.17) is 4.74 Å². The SMILES string of the molecule is CCCCCCCCCC1=C(OC)CC(O)(C(F)(F)F)C(C(=O)OC)C1=O. The number of carbonyl (C=O) groups excluding carboxylic acids is 2. The van der Waals surface area contributed by atoms with E-state index >= 15 is 0 Å². The number of carbonyl (C=O) groups is 2. The molecule has 0 saturated heterocycles. The van der Waals surface area contributed by atoms with Gasteiger partial charge in [-0.25, -0.2) is 0 Å². The van der Waals surface area contributed by atoms with E-state index in [2.05, 4.69) is 11.7 Å². The Balaban J connectivity index is 2.96. The molecule has 1 aliphatic rings. The van der Waals surface area contributed by atoms with Gasteiger partial charge < -0.3 is 14.6 Å². The summed E-state index contributed by atoms with van der Waals surface area (Å²) in [5.74, 6) is -5.02. The first-order valence-electron chi connectivity index (χ1n) is 9.31. The van der Waals surface area contributed by atoms with Gasteiger partial charge in [0, 0.05) is 12.0 Å². The minimum absolute atomic E-state index is 0.0374. The first kappa shape index (κ1) is 23.5. The maximum absolute atomic E-state index is 13.4. The van der Waals surface area contributed by atoms with E-state index in [9.17, 15) is 27.9 Å². The number of allylic oxidation sites excluding steroid dienone is 1. The quantitative estimate of drug-likeness (QED) is 0.343. The van der Waals surface area contributed by atoms with Crippen molar-refractivity contribution < 1.29 is 37.3 Å². The highest BCUT2D eigenvalue weighted by atomic mass is 19.4. The molecule has 27 heavy (non-hydrogen) atoms. The van der Waals surface area contributed by atoms with Gasteiger partial charge in [0.05, 0.1) is 14.2 Å². The van der Waals surface area contributed by atoms with E-state index in [1.54, 1.807) is 0 Å². The van der Waals surface area contributed by atoms with Crippen LogP contribution >= 0.6 is 0 Å². The average molecular weight is 394 g/mol. The van der Waals surface area contributed by atoms with Gasteiger partial charge >= 0.3 is 12.1 Å². The molecule has 1 N–H and O–H groups in total. The van der Waals surface area contributed by atoms with Crippen LogP contribution in [0.25, 0.3) is 0 Å². The summed E-state index contributed by atoms with van der Waals surface area (Å²) in [6.45, 7) is 2.12. The lowest BCUT2D eigenvalue weighted by atomic mass is 9.72. The number of ether oxygens (including phenoxy) is 2. The Morgan fingerprint density at radius 3 is 2.19 bits per heavy atom. The minimum Gasteiger partial charge on any atom is -0.501 e. The summed E-state index contributed by atoms with van der Waals surface area (Å²) in [6.07, 6.45) is 0.918. The van der Waals surface area contributed by atoms with Crippen LogP contribution in [0.4, 0.5) is 13.2 Å². The van der Waals surface area contributed by atoms with E-state index in [-0.39, 0.29) is 17.8 Å². The van der Waals surface area contributed by atoms with Gasteiger partial charge in [-0.05, 0) is 12.8 Å². The molecule has 0 spiro atoms. The molecule has 5 nitrogen and oxygen atoms in total. The highest BCUT2D eigenvalue weighted by molar-refractivity contribution is 6.10. The second kappa shape index (κ2) is 10.1. The second-order valence-electron chi connectivity index (χ2n) is 6.90. The Labute approximate surface area is 157 Å². The predicted octanol–water partition coefficient (Wildman–Crippen LogP) is 4.08. The number of aliphatic hydroxyl groups is 1. The zero-order valence-electron chi connectivity index (χ0n) is 16.2. The van der Waals surface area contributed by atoms with Crippen LogP contribution < -0.4 is 0 Å². The van der Waals surface area contributed by atoms with E-state index in [0.29, 0.717) is 6.42 Å². The molecule has 2 atom stereocenters. The summed E-state index contributed by atoms with van der Waals surface area (Å²) >= 11 is 0. The van der Waals surface area contributed by atoms with Crippen molar-refractivity contribution in [2.24, 2.45) is 5.92 Å². The van der Waals surface area contributed by atoms with Crippen LogP contribution in [0.3, 0.4) is 0 Å². The molecule has 1 rings (SSSR count). The Bertz CT molecular complexity index is 556. The molecule has 0 aromatic rings. The van der Waals surface area contributed by atoms with Gasteiger partial charge in [-0.2, -0.15) is 13.2 Å². The topological polar surface area (TPSA) is 72.8 Å². The fourth-order valence-corrected chi connectivity index (χ4v) is 3.38. The van der Waals surface area contributed by atoms with E-state index in [0.717, 1.165) is 52.7 Å². The number of esters is 1. The lowest BCUT2D eigenvalue weighted by Crippen LogP contribution is -2.59. The number of rotatable bonds is 10. The Kier molecular flexibility index (Phi) is 8.78. The molecular formula is C19H29F3O5. The molecule has 0 aromatic carbocycles. The second-order valence-corrected chi connectivity index (χ2v) is 6.90. The number of methoxy groups -OCH3 is 2. The van der Waals surface area contributed by atoms with Crippen molar-refractivity contribution in [3.05, 3.63) is 11.3 Å². The third kappa shape index (κ3) is 5.46. The lowest BCUT2D eigenvalue weighted by Gasteiger charge is -2.39. The lowest BCUT2D eigenvalue weighted by molar-refractivity contribution is -0.278. The Morgan fingerprint density at radius 1 is 1.15 bits per heavy atom. The van der Waals surface area contributed by atoms with Gasteiger partial charge in [-0.3, -0.25) is 9.59 Å². The van der Waals surface area contributed by atoms with Gasteiger partial charge in [-0.15, -0.1) is 0 Å². The van der Waals surface area contributed by atoms with Crippen molar-refractivity contribution in [2.45, 2.75) is 76.5 Å². The number of alkyl halides is 3. The molecular weight excluding hydrogens is 365 g/mol. The molecule has 0 bridgehead atoms. The summed E-state index contributed by atoms with van der Waals surface area (Å²) in [4.78, 5) is 24.6. The summed E-state index contributed by atoms with van der Waals surface area (Å²) in [6, 6.07) is 0. The fourth-order valence-electron chi connectivity index (χ4n) is 3.38. The minimum atomic E-state index is -5.18. The Morgan fingerprint density at radius 2 is 1.70 bits per heavy atom. The molecule has 0 heterocycles. The van der Waals surface area contributed by atoms with Crippen LogP contribution in [0.2, 0.25) is 0 Å². The molecule has 0 aromatic heterocycles. The number of hydrogen-bond donors (Lipinski definition) is 1. The maximum Gasteiger partial charge on any atom is 0.418 e. The first-order valence-corrected chi connectivity index (χ1v) is 9.31. The fraction of sp³-hybridized carbons (Fsp3) is 0.789. The molecule has 1 aliphatic carbocycles. The maximum atomic E-state index is 13.4. The zero-order valence-corrected chi connectivity index (χ0v) is 16.2. The average Bonchev–Trinajstić information content (AvgIpc) is 2.60. The highest BCUT2D eigenvalue weighted by Gasteiger charge is 2.66. The van der Waals surface area contributed by atoms with Crippen LogP contribution in [-0.2, 0) is 19.1 Å². The highest BCUT2D eigenvalue weighted by Crippen LogP contribution is 2.47. The van der Waals surface area contributed by atoms with Crippen molar-refractivity contribution in [1.82, 2.24) is 0 Å².